The fourth-order valence-corrected chi connectivity index (χ4v) is 4.82. The number of hydrogen-bond acceptors (Lipinski definition) is 5. The zero-order valence-electron chi connectivity index (χ0n) is 19.5. The highest BCUT2D eigenvalue weighted by Crippen LogP contribution is 2.38. The molecule has 2 aromatic rings. The first-order valence-electron chi connectivity index (χ1n) is 11.1. The second-order valence-electron chi connectivity index (χ2n) is 9.16. The molecule has 6 nitrogen and oxygen atoms in total. The summed E-state index contributed by atoms with van der Waals surface area (Å²) in [7, 11) is 5.49. The zero-order chi connectivity index (χ0) is 23.0. The fraction of sp³-hybridized carbons (Fsp3) is 0.385. The summed E-state index contributed by atoms with van der Waals surface area (Å²) in [5.41, 5.74) is 3.23. The largest absolute Gasteiger partial charge is 0.497 e. The Hall–Kier alpha value is -3.28. The minimum Gasteiger partial charge on any atom is -0.497 e. The van der Waals surface area contributed by atoms with E-state index < -0.39 is 0 Å². The van der Waals surface area contributed by atoms with Crippen molar-refractivity contribution in [3.8, 4) is 5.75 Å². The van der Waals surface area contributed by atoms with Crippen molar-refractivity contribution in [1.82, 2.24) is 4.90 Å². The molecule has 168 valence electrons. The van der Waals surface area contributed by atoms with E-state index >= 15 is 0 Å². The Morgan fingerprint density at radius 1 is 0.938 bits per heavy atom. The van der Waals surface area contributed by atoms with Gasteiger partial charge < -0.3 is 14.5 Å². The number of hydrogen-bond donors (Lipinski definition) is 0. The first-order valence-corrected chi connectivity index (χ1v) is 11.1. The van der Waals surface area contributed by atoms with Crippen molar-refractivity contribution in [3.05, 3.63) is 59.8 Å². The first-order chi connectivity index (χ1) is 15.3. The molecule has 0 saturated carbocycles. The summed E-state index contributed by atoms with van der Waals surface area (Å²) in [6, 6.07) is 14.9. The molecule has 0 aromatic heterocycles. The minimum absolute atomic E-state index is 0.252. The third-order valence-electron chi connectivity index (χ3n) is 6.23. The number of nitrogens with zero attached hydrogens (tertiary/aromatic N) is 3. The predicted octanol–water partition coefficient (Wildman–Crippen LogP) is 4.02. The molecule has 1 fully saturated rings. The van der Waals surface area contributed by atoms with E-state index in [1.165, 1.54) is 4.90 Å². The van der Waals surface area contributed by atoms with E-state index in [0.29, 0.717) is 34.5 Å². The summed E-state index contributed by atoms with van der Waals surface area (Å²) in [5.74, 6) is 1.09. The Labute approximate surface area is 190 Å². The average molecular weight is 434 g/mol. The number of methoxy groups -OCH3 is 1. The van der Waals surface area contributed by atoms with E-state index in [-0.39, 0.29) is 11.8 Å². The van der Waals surface area contributed by atoms with E-state index in [0.717, 1.165) is 30.8 Å². The van der Waals surface area contributed by atoms with Gasteiger partial charge in [-0.2, -0.15) is 0 Å². The lowest BCUT2D eigenvalue weighted by Gasteiger charge is -2.37. The number of piperidine rings is 1. The van der Waals surface area contributed by atoms with Crippen LogP contribution >= 0.6 is 0 Å². The molecule has 0 N–H and O–H groups in total. The predicted molar refractivity (Wildman–Crippen MR) is 128 cm³/mol. The highest BCUT2D eigenvalue weighted by molar-refractivity contribution is 6.45. The summed E-state index contributed by atoms with van der Waals surface area (Å²) >= 11 is 0. The van der Waals surface area contributed by atoms with Crippen LogP contribution in [-0.4, -0.2) is 51.0 Å². The van der Waals surface area contributed by atoms with Gasteiger partial charge >= 0.3 is 0 Å². The monoisotopic (exact) mass is 433 g/mol. The molecule has 2 amide bonds. The molecule has 4 rings (SSSR count). The number of benzene rings is 2. The van der Waals surface area contributed by atoms with Gasteiger partial charge in [-0.25, -0.2) is 4.90 Å². The number of carbonyl (C=O) groups excluding carboxylic acids is 2. The van der Waals surface area contributed by atoms with Crippen LogP contribution in [0.25, 0.3) is 5.57 Å². The number of amides is 2. The second kappa shape index (κ2) is 8.69. The van der Waals surface area contributed by atoms with Crippen molar-refractivity contribution in [2.24, 2.45) is 11.8 Å². The van der Waals surface area contributed by atoms with Gasteiger partial charge in [-0.3, -0.25) is 9.59 Å². The molecule has 0 radical (unpaired) electrons. The number of ether oxygens (including phenoxy) is 1. The van der Waals surface area contributed by atoms with Gasteiger partial charge in [0.05, 0.1) is 18.4 Å². The molecule has 0 spiro atoms. The Kier molecular flexibility index (Phi) is 5.96. The molecule has 2 aromatic carbocycles. The van der Waals surface area contributed by atoms with Gasteiger partial charge in [-0.15, -0.1) is 0 Å². The van der Waals surface area contributed by atoms with E-state index in [9.17, 15) is 9.59 Å². The van der Waals surface area contributed by atoms with Crippen LogP contribution in [0.15, 0.2) is 54.2 Å². The number of anilines is 2. The SMILES string of the molecule is COc1ccc(C2=C(N3CC(C)CC(C)C3)C(=O)N(c3cccc(N(C)C)c3)C2=O)cc1. The van der Waals surface area contributed by atoms with Crippen molar-refractivity contribution in [2.75, 3.05) is 44.1 Å². The van der Waals surface area contributed by atoms with Crippen molar-refractivity contribution in [2.45, 2.75) is 20.3 Å². The Morgan fingerprint density at radius 3 is 2.19 bits per heavy atom. The third kappa shape index (κ3) is 3.97. The van der Waals surface area contributed by atoms with Crippen molar-refractivity contribution < 1.29 is 14.3 Å². The average Bonchev–Trinajstić information content (AvgIpc) is 3.03. The topological polar surface area (TPSA) is 53.1 Å². The summed E-state index contributed by atoms with van der Waals surface area (Å²) in [5, 5.41) is 0. The maximum atomic E-state index is 13.8. The van der Waals surface area contributed by atoms with Gasteiger partial charge in [0.1, 0.15) is 11.4 Å². The fourth-order valence-electron chi connectivity index (χ4n) is 4.82. The molecule has 2 aliphatic rings. The molecule has 0 aliphatic carbocycles. The van der Waals surface area contributed by atoms with Gasteiger partial charge in [0.25, 0.3) is 11.8 Å². The van der Waals surface area contributed by atoms with Crippen LogP contribution in [0.4, 0.5) is 11.4 Å². The van der Waals surface area contributed by atoms with Crippen LogP contribution < -0.4 is 14.5 Å². The van der Waals surface area contributed by atoms with Crippen molar-refractivity contribution >= 4 is 28.8 Å². The van der Waals surface area contributed by atoms with E-state index in [1.807, 2.05) is 67.5 Å². The van der Waals surface area contributed by atoms with Gasteiger partial charge in [0.2, 0.25) is 0 Å². The normalized spacial score (nSPS) is 21.4. The zero-order valence-corrected chi connectivity index (χ0v) is 19.5. The maximum Gasteiger partial charge on any atom is 0.282 e. The number of carbonyl (C=O) groups is 2. The summed E-state index contributed by atoms with van der Waals surface area (Å²) < 4.78 is 5.28. The molecule has 2 unspecified atom stereocenters. The van der Waals surface area contributed by atoms with E-state index in [2.05, 4.69) is 18.7 Å². The quantitative estimate of drug-likeness (QED) is 0.667. The first kappa shape index (κ1) is 21.9. The Morgan fingerprint density at radius 2 is 1.59 bits per heavy atom. The van der Waals surface area contributed by atoms with Crippen LogP contribution in [0.5, 0.6) is 5.75 Å². The molecule has 0 bridgehead atoms. The second-order valence-corrected chi connectivity index (χ2v) is 9.16. The smallest absolute Gasteiger partial charge is 0.282 e. The number of rotatable bonds is 5. The molecule has 6 heteroatoms. The molecule has 2 aliphatic heterocycles. The minimum atomic E-state index is -0.281. The molecule has 1 saturated heterocycles. The molecular weight excluding hydrogens is 402 g/mol. The highest BCUT2D eigenvalue weighted by atomic mass is 16.5. The number of likely N-dealkylation sites (tertiary alicyclic amines) is 1. The van der Waals surface area contributed by atoms with E-state index in [4.69, 9.17) is 4.74 Å². The maximum absolute atomic E-state index is 13.8. The summed E-state index contributed by atoms with van der Waals surface area (Å²) in [6.07, 6.45) is 1.12. The van der Waals surface area contributed by atoms with Crippen molar-refractivity contribution in [1.29, 1.82) is 0 Å². The third-order valence-corrected chi connectivity index (χ3v) is 6.23. The van der Waals surface area contributed by atoms with Crippen LogP contribution in [0.2, 0.25) is 0 Å². The highest BCUT2D eigenvalue weighted by Gasteiger charge is 2.43. The lowest BCUT2D eigenvalue weighted by molar-refractivity contribution is -0.120. The Bertz CT molecular complexity index is 1050. The summed E-state index contributed by atoms with van der Waals surface area (Å²) in [6.45, 7) is 5.94. The Balaban J connectivity index is 1.82. The van der Waals surface area contributed by atoms with Crippen LogP contribution in [0.1, 0.15) is 25.8 Å². The summed E-state index contributed by atoms with van der Waals surface area (Å²) in [4.78, 5) is 32.9. The molecule has 2 atom stereocenters. The van der Waals surface area contributed by atoms with Crippen molar-refractivity contribution in [3.63, 3.8) is 0 Å². The lowest BCUT2D eigenvalue weighted by atomic mass is 9.91. The molecule has 32 heavy (non-hydrogen) atoms. The van der Waals surface area contributed by atoms with Crippen LogP contribution in [0, 0.1) is 11.8 Å². The van der Waals surface area contributed by atoms with Gasteiger partial charge in [-0.05, 0) is 54.2 Å². The van der Waals surface area contributed by atoms with Gasteiger partial charge in [0, 0.05) is 32.9 Å². The van der Waals surface area contributed by atoms with Crippen LogP contribution in [-0.2, 0) is 9.59 Å². The van der Waals surface area contributed by atoms with Crippen LogP contribution in [0.3, 0.4) is 0 Å². The lowest BCUT2D eigenvalue weighted by Crippen LogP contribution is -2.42. The van der Waals surface area contributed by atoms with Gasteiger partial charge in [-0.1, -0.05) is 32.0 Å². The molecule has 2 heterocycles. The molecular formula is C26H31N3O3. The van der Waals surface area contributed by atoms with Gasteiger partial charge in [0.15, 0.2) is 0 Å². The van der Waals surface area contributed by atoms with E-state index in [1.54, 1.807) is 7.11 Å². The standard InChI is InChI=1S/C26H31N3O3/c1-17-13-18(2)16-28(15-17)24-23(19-9-11-22(32-5)12-10-19)25(30)29(26(24)31)21-8-6-7-20(14-21)27(3)4/h6-12,14,17-18H,13,15-16H2,1-5H3. The number of imide groups is 1.